The SMILES string of the molecule is CCn1cc(C(=O)NCCn2cnc(C3CCCC3)cc2=O)c(=O)c2ccc(C)nc21. The number of rotatable bonds is 6. The summed E-state index contributed by atoms with van der Waals surface area (Å²) >= 11 is 0. The molecule has 3 aromatic rings. The van der Waals surface area contributed by atoms with Crippen LogP contribution >= 0.6 is 0 Å². The van der Waals surface area contributed by atoms with Gasteiger partial charge in [-0.1, -0.05) is 12.8 Å². The molecule has 0 atom stereocenters. The van der Waals surface area contributed by atoms with Gasteiger partial charge in [0.25, 0.3) is 11.5 Å². The van der Waals surface area contributed by atoms with E-state index in [4.69, 9.17) is 0 Å². The summed E-state index contributed by atoms with van der Waals surface area (Å²) in [4.78, 5) is 46.8. The van der Waals surface area contributed by atoms with E-state index in [1.807, 2.05) is 13.8 Å². The Kier molecular flexibility index (Phi) is 5.97. The van der Waals surface area contributed by atoms with Gasteiger partial charge in [-0.25, -0.2) is 9.97 Å². The normalized spacial score (nSPS) is 14.3. The molecule has 0 spiro atoms. The molecule has 1 saturated carbocycles. The van der Waals surface area contributed by atoms with Crippen LogP contribution in [0.4, 0.5) is 0 Å². The number of nitrogens with one attached hydrogen (secondary N) is 1. The highest BCUT2D eigenvalue weighted by Crippen LogP contribution is 2.32. The average Bonchev–Trinajstić information content (AvgIpc) is 3.30. The van der Waals surface area contributed by atoms with Crippen molar-refractivity contribution in [3.8, 4) is 0 Å². The molecule has 0 unspecified atom stereocenters. The number of carbonyl (C=O) groups is 1. The fourth-order valence-electron chi connectivity index (χ4n) is 4.20. The Balaban J connectivity index is 1.47. The molecule has 0 saturated heterocycles. The van der Waals surface area contributed by atoms with Gasteiger partial charge in [0.05, 0.1) is 17.4 Å². The average molecular weight is 422 g/mol. The number of fused-ring (bicyclic) bond motifs is 1. The molecule has 8 nitrogen and oxygen atoms in total. The van der Waals surface area contributed by atoms with E-state index in [2.05, 4.69) is 15.3 Å². The molecule has 1 amide bonds. The van der Waals surface area contributed by atoms with E-state index in [0.29, 0.717) is 30.0 Å². The van der Waals surface area contributed by atoms with Crippen molar-refractivity contribution in [1.82, 2.24) is 24.4 Å². The van der Waals surface area contributed by atoms with Crippen molar-refractivity contribution < 1.29 is 4.79 Å². The van der Waals surface area contributed by atoms with Gasteiger partial charge < -0.3 is 9.88 Å². The fourth-order valence-corrected chi connectivity index (χ4v) is 4.20. The molecule has 3 heterocycles. The minimum atomic E-state index is -0.460. The third kappa shape index (κ3) is 4.28. The zero-order chi connectivity index (χ0) is 22.0. The molecule has 1 aliphatic rings. The maximum absolute atomic E-state index is 12.8. The molecule has 0 radical (unpaired) electrons. The van der Waals surface area contributed by atoms with Crippen molar-refractivity contribution in [1.29, 1.82) is 0 Å². The van der Waals surface area contributed by atoms with Crippen LogP contribution in [0.3, 0.4) is 0 Å². The van der Waals surface area contributed by atoms with Crippen molar-refractivity contribution in [2.24, 2.45) is 0 Å². The molecule has 8 heteroatoms. The van der Waals surface area contributed by atoms with Crippen molar-refractivity contribution in [2.75, 3.05) is 6.54 Å². The molecule has 1 aliphatic carbocycles. The van der Waals surface area contributed by atoms with Gasteiger partial charge in [-0.05, 0) is 38.8 Å². The van der Waals surface area contributed by atoms with E-state index in [-0.39, 0.29) is 23.1 Å². The van der Waals surface area contributed by atoms with E-state index in [9.17, 15) is 14.4 Å². The lowest BCUT2D eigenvalue weighted by Crippen LogP contribution is -2.34. The van der Waals surface area contributed by atoms with Crippen LogP contribution in [0.25, 0.3) is 11.0 Å². The van der Waals surface area contributed by atoms with Crippen LogP contribution in [0.15, 0.2) is 40.3 Å². The number of carbonyl (C=O) groups excluding carboxylic acids is 1. The Morgan fingerprint density at radius 1 is 1.19 bits per heavy atom. The van der Waals surface area contributed by atoms with Crippen LogP contribution in [0, 0.1) is 6.92 Å². The van der Waals surface area contributed by atoms with Crippen LogP contribution in [0.5, 0.6) is 0 Å². The Morgan fingerprint density at radius 2 is 1.97 bits per heavy atom. The van der Waals surface area contributed by atoms with Gasteiger partial charge in [0.1, 0.15) is 11.2 Å². The molecule has 1 N–H and O–H groups in total. The standard InChI is InChI=1S/C23H27N5O3/c1-3-27-13-18(21(30)17-9-8-15(2)26-22(17)27)23(31)24-10-11-28-14-25-19(12-20(28)29)16-6-4-5-7-16/h8-9,12-14,16H,3-7,10-11H2,1-2H3,(H,24,31). The van der Waals surface area contributed by atoms with Crippen LogP contribution in [0.2, 0.25) is 0 Å². The summed E-state index contributed by atoms with van der Waals surface area (Å²) in [5.41, 5.74) is 1.86. The first-order chi connectivity index (χ1) is 15.0. The minimum absolute atomic E-state index is 0.0713. The summed E-state index contributed by atoms with van der Waals surface area (Å²) in [6, 6.07) is 5.08. The molecule has 1 fully saturated rings. The minimum Gasteiger partial charge on any atom is -0.350 e. The van der Waals surface area contributed by atoms with Gasteiger partial charge in [0, 0.05) is 43.5 Å². The largest absolute Gasteiger partial charge is 0.350 e. The van der Waals surface area contributed by atoms with E-state index < -0.39 is 5.91 Å². The molecule has 3 aromatic heterocycles. The Bertz CT molecular complexity index is 1240. The summed E-state index contributed by atoms with van der Waals surface area (Å²) in [5, 5.41) is 3.17. The first kappa shape index (κ1) is 21.0. The van der Waals surface area contributed by atoms with Crippen molar-refractivity contribution in [3.05, 3.63) is 68.3 Å². The number of amides is 1. The zero-order valence-corrected chi connectivity index (χ0v) is 17.9. The molecule has 31 heavy (non-hydrogen) atoms. The van der Waals surface area contributed by atoms with Crippen LogP contribution < -0.4 is 16.3 Å². The monoisotopic (exact) mass is 421 g/mol. The number of aromatic nitrogens is 4. The predicted molar refractivity (Wildman–Crippen MR) is 118 cm³/mol. The van der Waals surface area contributed by atoms with E-state index >= 15 is 0 Å². The topological polar surface area (TPSA) is 98.9 Å². The fraction of sp³-hybridized carbons (Fsp3) is 0.435. The summed E-state index contributed by atoms with van der Waals surface area (Å²) in [7, 11) is 0. The van der Waals surface area contributed by atoms with Crippen molar-refractivity contribution in [3.63, 3.8) is 0 Å². The number of pyridine rings is 2. The molecule has 0 aliphatic heterocycles. The van der Waals surface area contributed by atoms with Crippen LogP contribution in [-0.4, -0.2) is 31.6 Å². The lowest BCUT2D eigenvalue weighted by Gasteiger charge is -2.12. The highest BCUT2D eigenvalue weighted by molar-refractivity contribution is 5.96. The summed E-state index contributed by atoms with van der Waals surface area (Å²) in [6.45, 7) is 4.89. The van der Waals surface area contributed by atoms with Gasteiger partial charge in [0.2, 0.25) is 5.43 Å². The second kappa shape index (κ2) is 8.83. The third-order valence-corrected chi connectivity index (χ3v) is 5.96. The Morgan fingerprint density at radius 3 is 2.68 bits per heavy atom. The highest BCUT2D eigenvalue weighted by atomic mass is 16.2. The van der Waals surface area contributed by atoms with Gasteiger partial charge in [-0.3, -0.25) is 19.0 Å². The molecule has 162 valence electrons. The van der Waals surface area contributed by atoms with Crippen molar-refractivity contribution >= 4 is 16.9 Å². The lowest BCUT2D eigenvalue weighted by atomic mass is 10.0. The van der Waals surface area contributed by atoms with Gasteiger partial charge in [-0.15, -0.1) is 0 Å². The van der Waals surface area contributed by atoms with Crippen LogP contribution in [0.1, 0.15) is 60.3 Å². The zero-order valence-electron chi connectivity index (χ0n) is 17.9. The molecule has 0 aromatic carbocycles. The Hall–Kier alpha value is -3.29. The van der Waals surface area contributed by atoms with Gasteiger partial charge in [0.15, 0.2) is 0 Å². The van der Waals surface area contributed by atoms with E-state index in [0.717, 1.165) is 24.2 Å². The number of hydrogen-bond donors (Lipinski definition) is 1. The highest BCUT2D eigenvalue weighted by Gasteiger charge is 2.19. The lowest BCUT2D eigenvalue weighted by molar-refractivity contribution is 0.0950. The first-order valence-electron chi connectivity index (χ1n) is 10.8. The maximum Gasteiger partial charge on any atom is 0.256 e. The number of nitrogens with zero attached hydrogens (tertiary/aromatic N) is 4. The van der Waals surface area contributed by atoms with Crippen molar-refractivity contribution in [2.45, 2.75) is 58.5 Å². The van der Waals surface area contributed by atoms with E-state index in [1.54, 1.807) is 35.3 Å². The first-order valence-corrected chi connectivity index (χ1v) is 10.8. The molecule has 0 bridgehead atoms. The second-order valence-electron chi connectivity index (χ2n) is 8.06. The molecular weight excluding hydrogens is 394 g/mol. The number of hydrogen-bond acceptors (Lipinski definition) is 5. The second-order valence-corrected chi connectivity index (χ2v) is 8.06. The summed E-state index contributed by atoms with van der Waals surface area (Å²) in [6.07, 6.45) is 7.65. The smallest absolute Gasteiger partial charge is 0.256 e. The summed E-state index contributed by atoms with van der Waals surface area (Å²) in [5.74, 6) is -0.0766. The van der Waals surface area contributed by atoms with Gasteiger partial charge >= 0.3 is 0 Å². The van der Waals surface area contributed by atoms with Crippen LogP contribution in [-0.2, 0) is 13.1 Å². The Labute approximate surface area is 180 Å². The van der Waals surface area contributed by atoms with Gasteiger partial charge in [-0.2, -0.15) is 0 Å². The van der Waals surface area contributed by atoms with E-state index in [1.165, 1.54) is 17.4 Å². The third-order valence-electron chi connectivity index (χ3n) is 5.96. The summed E-state index contributed by atoms with van der Waals surface area (Å²) < 4.78 is 3.28. The maximum atomic E-state index is 12.8. The molecule has 4 rings (SSSR count). The number of aryl methyl sites for hydroxylation is 2. The predicted octanol–water partition coefficient (Wildman–Crippen LogP) is 2.37. The quantitative estimate of drug-likeness (QED) is 0.659. The molecular formula is C23H27N5O3.